The van der Waals surface area contributed by atoms with Gasteiger partial charge >= 0.3 is 0 Å². The predicted molar refractivity (Wildman–Crippen MR) is 110 cm³/mol. The molecule has 0 radical (unpaired) electrons. The first kappa shape index (κ1) is 20.0. The van der Waals surface area contributed by atoms with Gasteiger partial charge in [-0.15, -0.1) is 0 Å². The smallest absolute Gasteiger partial charge is 0.272 e. The number of carbonyl (C=O) groups is 1. The molecule has 0 unspecified atom stereocenters. The lowest BCUT2D eigenvalue weighted by atomic mass is 9.98. The molecule has 150 valence electrons. The van der Waals surface area contributed by atoms with Crippen LogP contribution in [0.5, 0.6) is 11.5 Å². The Labute approximate surface area is 166 Å². The fourth-order valence-electron chi connectivity index (χ4n) is 3.48. The van der Waals surface area contributed by atoms with E-state index in [1.165, 1.54) is 18.4 Å². The fraction of sp³-hybridized carbons (Fsp3) is 0.455. The molecule has 0 spiro atoms. The minimum atomic E-state index is -0.0438. The monoisotopic (exact) mass is 383 g/mol. The van der Waals surface area contributed by atoms with Gasteiger partial charge in [0.2, 0.25) is 0 Å². The van der Waals surface area contributed by atoms with Crippen LogP contribution in [0.15, 0.2) is 30.5 Å². The van der Waals surface area contributed by atoms with E-state index in [1.54, 1.807) is 20.4 Å². The van der Waals surface area contributed by atoms with E-state index in [-0.39, 0.29) is 5.91 Å². The number of hydrogen-bond acceptors (Lipinski definition) is 5. The van der Waals surface area contributed by atoms with Crippen LogP contribution in [0.2, 0.25) is 0 Å². The van der Waals surface area contributed by atoms with Gasteiger partial charge < -0.3 is 19.7 Å². The second-order valence-electron chi connectivity index (χ2n) is 7.02. The fourth-order valence-corrected chi connectivity index (χ4v) is 3.48. The largest absolute Gasteiger partial charge is 0.493 e. The molecule has 6 heteroatoms. The molecule has 2 aromatic rings. The summed E-state index contributed by atoms with van der Waals surface area (Å²) in [5.41, 5.74) is 3.70. The molecule has 28 heavy (non-hydrogen) atoms. The Morgan fingerprint density at radius 2 is 1.89 bits per heavy atom. The van der Waals surface area contributed by atoms with Gasteiger partial charge in [0.1, 0.15) is 5.69 Å². The quantitative estimate of drug-likeness (QED) is 0.701. The summed E-state index contributed by atoms with van der Waals surface area (Å²) in [6, 6.07) is 7.73. The van der Waals surface area contributed by atoms with Crippen molar-refractivity contribution < 1.29 is 14.3 Å². The van der Waals surface area contributed by atoms with Crippen LogP contribution in [0.4, 0.5) is 5.69 Å². The van der Waals surface area contributed by atoms with Gasteiger partial charge in [-0.05, 0) is 48.2 Å². The van der Waals surface area contributed by atoms with E-state index < -0.39 is 0 Å². The van der Waals surface area contributed by atoms with Gasteiger partial charge in [0.05, 0.1) is 14.2 Å². The minimum absolute atomic E-state index is 0.0438. The van der Waals surface area contributed by atoms with E-state index in [9.17, 15) is 4.79 Å². The predicted octanol–water partition coefficient (Wildman–Crippen LogP) is 3.90. The highest BCUT2D eigenvalue weighted by Crippen LogP contribution is 2.33. The normalized spacial score (nSPS) is 13.0. The molecule has 1 amide bonds. The van der Waals surface area contributed by atoms with Crippen molar-refractivity contribution >= 4 is 11.6 Å². The molecule has 0 saturated carbocycles. The van der Waals surface area contributed by atoms with Gasteiger partial charge in [-0.25, -0.2) is 0 Å². The second-order valence-corrected chi connectivity index (χ2v) is 7.02. The molecular weight excluding hydrogens is 354 g/mol. The summed E-state index contributed by atoms with van der Waals surface area (Å²) in [5.74, 6) is 1.37. The number of hydrogen-bond donors (Lipinski definition) is 1. The second kappa shape index (κ2) is 9.44. The molecule has 3 rings (SSSR count). The number of amides is 1. The van der Waals surface area contributed by atoms with E-state index in [2.05, 4.69) is 17.2 Å². The van der Waals surface area contributed by atoms with E-state index in [1.807, 2.05) is 29.2 Å². The van der Waals surface area contributed by atoms with Crippen LogP contribution < -0.4 is 14.8 Å². The van der Waals surface area contributed by atoms with E-state index in [0.717, 1.165) is 36.4 Å². The number of unbranched alkanes of at least 4 members (excludes halogenated alkanes) is 2. The molecule has 2 heterocycles. The number of nitrogens with zero attached hydrogens (tertiary/aromatic N) is 2. The van der Waals surface area contributed by atoms with E-state index in [0.29, 0.717) is 24.5 Å². The SMILES string of the molecule is CCCCCNc1ccnc(C(=O)N2CCc3cc(OC)c(OC)cc3C2)c1. The van der Waals surface area contributed by atoms with Crippen LogP contribution in [0.1, 0.15) is 47.8 Å². The number of ether oxygens (including phenoxy) is 2. The highest BCUT2D eigenvalue weighted by Gasteiger charge is 2.24. The maximum absolute atomic E-state index is 13.0. The molecule has 0 aliphatic carbocycles. The summed E-state index contributed by atoms with van der Waals surface area (Å²) in [5, 5.41) is 3.38. The number of carbonyl (C=O) groups excluding carboxylic acids is 1. The number of anilines is 1. The lowest BCUT2D eigenvalue weighted by Crippen LogP contribution is -2.36. The van der Waals surface area contributed by atoms with Crippen molar-refractivity contribution in [1.82, 2.24) is 9.88 Å². The average Bonchev–Trinajstić information content (AvgIpc) is 2.75. The van der Waals surface area contributed by atoms with Crippen LogP contribution in [-0.4, -0.2) is 43.1 Å². The van der Waals surface area contributed by atoms with Crippen molar-refractivity contribution in [2.45, 2.75) is 39.2 Å². The Hall–Kier alpha value is -2.76. The van der Waals surface area contributed by atoms with Crippen molar-refractivity contribution in [1.29, 1.82) is 0 Å². The maximum atomic E-state index is 13.0. The third-order valence-corrected chi connectivity index (χ3v) is 5.09. The Balaban J connectivity index is 1.70. The van der Waals surface area contributed by atoms with E-state index >= 15 is 0 Å². The van der Waals surface area contributed by atoms with Crippen molar-refractivity contribution in [3.8, 4) is 11.5 Å². The number of nitrogens with one attached hydrogen (secondary N) is 1. The maximum Gasteiger partial charge on any atom is 0.272 e. The van der Waals surface area contributed by atoms with Crippen molar-refractivity contribution in [3.05, 3.63) is 47.3 Å². The number of pyridine rings is 1. The molecule has 1 N–H and O–H groups in total. The summed E-state index contributed by atoms with van der Waals surface area (Å²) in [6.45, 7) is 4.30. The Kier molecular flexibility index (Phi) is 6.74. The Morgan fingerprint density at radius 3 is 2.61 bits per heavy atom. The summed E-state index contributed by atoms with van der Waals surface area (Å²) >= 11 is 0. The third kappa shape index (κ3) is 4.55. The van der Waals surface area contributed by atoms with Gasteiger partial charge in [0.25, 0.3) is 5.91 Å². The number of methoxy groups -OCH3 is 2. The van der Waals surface area contributed by atoms with Crippen LogP contribution in [0.3, 0.4) is 0 Å². The van der Waals surface area contributed by atoms with Crippen LogP contribution in [0, 0.1) is 0 Å². The summed E-state index contributed by atoms with van der Waals surface area (Å²) in [7, 11) is 3.26. The summed E-state index contributed by atoms with van der Waals surface area (Å²) < 4.78 is 10.8. The molecule has 0 fully saturated rings. The summed E-state index contributed by atoms with van der Waals surface area (Å²) in [4.78, 5) is 19.1. The first-order valence-corrected chi connectivity index (χ1v) is 9.89. The number of aromatic nitrogens is 1. The van der Waals surface area contributed by atoms with Crippen LogP contribution >= 0.6 is 0 Å². The van der Waals surface area contributed by atoms with Crippen LogP contribution in [-0.2, 0) is 13.0 Å². The molecule has 0 atom stereocenters. The third-order valence-electron chi connectivity index (χ3n) is 5.09. The minimum Gasteiger partial charge on any atom is -0.493 e. The molecule has 1 aromatic heterocycles. The van der Waals surface area contributed by atoms with Gasteiger partial charge in [-0.1, -0.05) is 19.8 Å². The first-order chi connectivity index (χ1) is 13.7. The Morgan fingerprint density at radius 1 is 1.14 bits per heavy atom. The van der Waals surface area contributed by atoms with E-state index in [4.69, 9.17) is 9.47 Å². The lowest BCUT2D eigenvalue weighted by Gasteiger charge is -2.29. The van der Waals surface area contributed by atoms with Gasteiger partial charge in [-0.3, -0.25) is 9.78 Å². The number of benzene rings is 1. The average molecular weight is 383 g/mol. The Bertz CT molecular complexity index is 823. The van der Waals surface area contributed by atoms with Crippen molar-refractivity contribution in [2.24, 2.45) is 0 Å². The molecule has 0 bridgehead atoms. The van der Waals surface area contributed by atoms with Crippen molar-refractivity contribution in [2.75, 3.05) is 32.6 Å². The molecule has 1 aliphatic heterocycles. The highest BCUT2D eigenvalue weighted by molar-refractivity contribution is 5.93. The summed E-state index contributed by atoms with van der Waals surface area (Å²) in [6.07, 6.45) is 5.99. The highest BCUT2D eigenvalue weighted by atomic mass is 16.5. The van der Waals surface area contributed by atoms with Gasteiger partial charge in [0.15, 0.2) is 11.5 Å². The molecular formula is C22H29N3O3. The zero-order chi connectivity index (χ0) is 19.9. The zero-order valence-electron chi connectivity index (χ0n) is 17.0. The van der Waals surface area contributed by atoms with Gasteiger partial charge in [0, 0.05) is 31.5 Å². The number of rotatable bonds is 8. The van der Waals surface area contributed by atoms with Gasteiger partial charge in [-0.2, -0.15) is 0 Å². The topological polar surface area (TPSA) is 63.7 Å². The standard InChI is InChI=1S/C22H29N3O3/c1-4-5-6-9-23-18-7-10-24-19(14-18)22(26)25-11-8-16-12-20(27-2)21(28-3)13-17(16)15-25/h7,10,12-14H,4-6,8-9,11,15H2,1-3H3,(H,23,24). The first-order valence-electron chi connectivity index (χ1n) is 9.89. The molecule has 1 aliphatic rings. The molecule has 1 aromatic carbocycles. The number of fused-ring (bicyclic) bond motifs is 1. The van der Waals surface area contributed by atoms with Crippen molar-refractivity contribution in [3.63, 3.8) is 0 Å². The molecule has 0 saturated heterocycles. The van der Waals surface area contributed by atoms with Crippen LogP contribution in [0.25, 0.3) is 0 Å². The molecule has 6 nitrogen and oxygen atoms in total. The lowest BCUT2D eigenvalue weighted by molar-refractivity contribution is 0.0728. The zero-order valence-corrected chi connectivity index (χ0v) is 17.0.